The van der Waals surface area contributed by atoms with Gasteiger partial charge in [0.15, 0.2) is 0 Å². The van der Waals surface area contributed by atoms with Crippen LogP contribution in [-0.4, -0.2) is 13.1 Å². The Morgan fingerprint density at radius 3 is 1.54 bits per heavy atom. The van der Waals surface area contributed by atoms with Gasteiger partial charge in [0.25, 0.3) is 0 Å². The van der Waals surface area contributed by atoms with Crippen molar-refractivity contribution in [3.05, 3.63) is 34.7 Å². The molecule has 0 aliphatic rings. The minimum Gasteiger partial charge on any atom is -0.371 e. The van der Waals surface area contributed by atoms with E-state index < -0.39 is 0 Å². The Hall–Kier alpha value is -2.46. The Labute approximate surface area is 171 Å². The quantitative estimate of drug-likeness (QED) is 0.477. The average Bonchev–Trinajstić information content (AvgIpc) is 2.73. The van der Waals surface area contributed by atoms with Crippen molar-refractivity contribution in [2.75, 3.05) is 13.1 Å². The van der Waals surface area contributed by atoms with Crippen LogP contribution in [0.25, 0.3) is 11.4 Å². The first-order valence-corrected chi connectivity index (χ1v) is 10.9. The zero-order valence-electron chi connectivity index (χ0n) is 17.7. The zero-order valence-corrected chi connectivity index (χ0v) is 17.7. The maximum Gasteiger partial charge on any atom is 0.136 e. The second-order valence-corrected chi connectivity index (χ2v) is 7.23. The third kappa shape index (κ3) is 9.47. The summed E-state index contributed by atoms with van der Waals surface area (Å²) >= 11 is 0. The molecule has 2 N–H and O–H groups in total. The first-order chi connectivity index (χ1) is 13.8. The van der Waals surface area contributed by atoms with Crippen LogP contribution in [0.3, 0.4) is 0 Å². The van der Waals surface area contributed by atoms with Crippen molar-refractivity contribution >= 4 is 11.4 Å². The van der Waals surface area contributed by atoms with Gasteiger partial charge in [0.1, 0.15) is 23.5 Å². The second-order valence-electron chi connectivity index (χ2n) is 7.23. The number of benzene rings is 1. The Morgan fingerprint density at radius 2 is 1.11 bits per heavy atom. The highest BCUT2D eigenvalue weighted by Crippen LogP contribution is 2.03. The molecule has 4 heteroatoms. The molecule has 0 aromatic heterocycles. The van der Waals surface area contributed by atoms with Crippen LogP contribution < -0.4 is 21.1 Å². The van der Waals surface area contributed by atoms with Crippen LogP contribution in [0, 0.1) is 22.7 Å². The molecule has 0 saturated heterocycles. The molecule has 0 saturated carbocycles. The molecule has 0 unspecified atom stereocenters. The van der Waals surface area contributed by atoms with Crippen molar-refractivity contribution in [1.82, 2.24) is 10.6 Å². The summed E-state index contributed by atoms with van der Waals surface area (Å²) < 4.78 is 0. The van der Waals surface area contributed by atoms with E-state index in [1.165, 1.54) is 64.2 Å². The smallest absolute Gasteiger partial charge is 0.136 e. The fourth-order valence-electron chi connectivity index (χ4n) is 3.11. The lowest BCUT2D eigenvalue weighted by molar-refractivity contribution is 0.598. The second kappa shape index (κ2) is 15.6. The minimum absolute atomic E-state index is 0.154. The van der Waals surface area contributed by atoms with Crippen molar-refractivity contribution in [3.8, 4) is 12.1 Å². The van der Waals surface area contributed by atoms with E-state index in [4.69, 9.17) is 10.5 Å². The predicted molar refractivity (Wildman–Crippen MR) is 117 cm³/mol. The van der Waals surface area contributed by atoms with Gasteiger partial charge < -0.3 is 10.6 Å². The van der Waals surface area contributed by atoms with Gasteiger partial charge in [-0.2, -0.15) is 10.5 Å². The largest absolute Gasteiger partial charge is 0.371 e. The summed E-state index contributed by atoms with van der Waals surface area (Å²) in [4.78, 5) is 0. The van der Waals surface area contributed by atoms with E-state index in [1.54, 1.807) is 0 Å². The fourth-order valence-corrected chi connectivity index (χ4v) is 3.11. The summed E-state index contributed by atoms with van der Waals surface area (Å²) in [5.41, 5.74) is 0.154. The van der Waals surface area contributed by atoms with E-state index in [0.717, 1.165) is 24.1 Å². The molecular formula is C24H36N4. The first kappa shape index (κ1) is 23.6. The first-order valence-electron chi connectivity index (χ1n) is 10.9. The molecule has 4 nitrogen and oxygen atoms in total. The van der Waals surface area contributed by atoms with Crippen LogP contribution >= 0.6 is 0 Å². The fraction of sp³-hybridized carbons (Fsp3) is 0.583. The number of unbranched alkanes of at least 4 members (excludes halogenated alkanes) is 8. The summed E-state index contributed by atoms with van der Waals surface area (Å²) in [6.07, 6.45) is 12.6. The number of nitrogens with zero attached hydrogens (tertiary/aromatic N) is 2. The number of nitriles is 2. The lowest BCUT2D eigenvalue weighted by Crippen LogP contribution is -2.33. The van der Waals surface area contributed by atoms with E-state index in [9.17, 15) is 0 Å². The molecule has 0 atom stereocenters. The molecule has 0 fully saturated rings. The predicted octanol–water partition coefficient (Wildman–Crippen LogP) is 4.07. The SMILES string of the molecule is CCCCCCCNC(NCCCCCCC)=c1ccc(=C(C#N)C#N)cc1. The Kier molecular flexibility index (Phi) is 13.1. The van der Waals surface area contributed by atoms with Gasteiger partial charge in [-0.05, 0) is 12.8 Å². The van der Waals surface area contributed by atoms with Gasteiger partial charge in [0.05, 0.1) is 0 Å². The van der Waals surface area contributed by atoms with E-state index in [0.29, 0.717) is 5.22 Å². The maximum atomic E-state index is 9.03. The Balaban J connectivity index is 2.78. The maximum absolute atomic E-state index is 9.03. The molecule has 0 radical (unpaired) electrons. The summed E-state index contributed by atoms with van der Waals surface area (Å²) in [7, 11) is 0. The number of hydrogen-bond donors (Lipinski definition) is 2. The molecule has 0 aliphatic carbocycles. The summed E-state index contributed by atoms with van der Waals surface area (Å²) in [5, 5.41) is 26.9. The monoisotopic (exact) mass is 380 g/mol. The standard InChI is InChI=1S/C24H36N4/c1-3-5-7-9-11-17-27-24(28-18-12-10-8-6-4-2)22-15-13-21(14-16-22)23(19-25)20-26/h13-16,27-28H,3-12,17-18H2,1-2H3. The molecule has 0 spiro atoms. The molecular weight excluding hydrogens is 344 g/mol. The lowest BCUT2D eigenvalue weighted by atomic mass is 10.1. The summed E-state index contributed by atoms with van der Waals surface area (Å²) in [6, 6.07) is 11.6. The molecule has 152 valence electrons. The van der Waals surface area contributed by atoms with Crippen LogP contribution in [0.4, 0.5) is 0 Å². The third-order valence-corrected chi connectivity index (χ3v) is 4.85. The Bertz CT molecular complexity index is 695. The van der Waals surface area contributed by atoms with Crippen molar-refractivity contribution in [2.24, 2.45) is 0 Å². The molecule has 1 aromatic rings. The van der Waals surface area contributed by atoms with Gasteiger partial charge in [-0.15, -0.1) is 0 Å². The van der Waals surface area contributed by atoms with E-state index in [-0.39, 0.29) is 5.57 Å². The lowest BCUT2D eigenvalue weighted by Gasteiger charge is -2.14. The van der Waals surface area contributed by atoms with Crippen LogP contribution in [-0.2, 0) is 0 Å². The van der Waals surface area contributed by atoms with Crippen LogP contribution in [0.15, 0.2) is 24.3 Å². The normalized spacial score (nSPS) is 10.0. The molecule has 0 heterocycles. The summed E-state index contributed by atoms with van der Waals surface area (Å²) in [5.74, 6) is 1.05. The minimum atomic E-state index is 0.154. The van der Waals surface area contributed by atoms with Gasteiger partial charge in [-0.25, -0.2) is 0 Å². The number of hydrogen-bond acceptors (Lipinski definition) is 4. The molecule has 0 bridgehead atoms. The average molecular weight is 381 g/mol. The number of rotatable bonds is 14. The van der Waals surface area contributed by atoms with Crippen LogP contribution in [0.1, 0.15) is 78.1 Å². The molecule has 28 heavy (non-hydrogen) atoms. The van der Waals surface area contributed by atoms with Gasteiger partial charge in [0.2, 0.25) is 0 Å². The molecule has 1 rings (SSSR count). The van der Waals surface area contributed by atoms with Gasteiger partial charge in [-0.1, -0.05) is 89.5 Å². The van der Waals surface area contributed by atoms with Crippen molar-refractivity contribution < 1.29 is 0 Å². The van der Waals surface area contributed by atoms with E-state index >= 15 is 0 Å². The van der Waals surface area contributed by atoms with Crippen LogP contribution in [0.2, 0.25) is 0 Å². The Morgan fingerprint density at radius 1 is 0.679 bits per heavy atom. The van der Waals surface area contributed by atoms with Crippen molar-refractivity contribution in [3.63, 3.8) is 0 Å². The van der Waals surface area contributed by atoms with E-state index in [1.807, 2.05) is 36.4 Å². The number of nitrogens with one attached hydrogen (secondary N) is 2. The summed E-state index contributed by atoms with van der Waals surface area (Å²) in [6.45, 7) is 6.38. The molecule has 1 aromatic carbocycles. The molecule has 0 amide bonds. The zero-order chi connectivity index (χ0) is 20.5. The third-order valence-electron chi connectivity index (χ3n) is 4.85. The van der Waals surface area contributed by atoms with Crippen molar-refractivity contribution in [2.45, 2.75) is 78.1 Å². The molecule has 0 aliphatic heterocycles. The van der Waals surface area contributed by atoms with E-state index in [2.05, 4.69) is 24.5 Å². The highest BCUT2D eigenvalue weighted by Gasteiger charge is 2.00. The van der Waals surface area contributed by atoms with Gasteiger partial charge >= 0.3 is 0 Å². The van der Waals surface area contributed by atoms with Crippen LogP contribution in [0.5, 0.6) is 0 Å². The highest BCUT2D eigenvalue weighted by atomic mass is 15.1. The highest BCUT2D eigenvalue weighted by molar-refractivity contribution is 5.72. The van der Waals surface area contributed by atoms with Gasteiger partial charge in [-0.3, -0.25) is 0 Å². The van der Waals surface area contributed by atoms with Gasteiger partial charge in [0, 0.05) is 23.5 Å². The van der Waals surface area contributed by atoms with Crippen molar-refractivity contribution in [1.29, 1.82) is 10.5 Å². The topological polar surface area (TPSA) is 71.6 Å².